The smallest absolute Gasteiger partial charge is 0.376 e. The fourth-order valence-corrected chi connectivity index (χ4v) is 5.86. The van der Waals surface area contributed by atoms with Crippen LogP contribution < -0.4 is 0 Å². The van der Waals surface area contributed by atoms with Crippen molar-refractivity contribution in [2.24, 2.45) is 5.41 Å². The first-order chi connectivity index (χ1) is 15.4. The van der Waals surface area contributed by atoms with Crippen molar-refractivity contribution < 1.29 is 26.7 Å². The summed E-state index contributed by atoms with van der Waals surface area (Å²) in [4.78, 5) is 12.1. The number of ether oxygens (including phenoxy) is 1. The van der Waals surface area contributed by atoms with E-state index in [0.29, 0.717) is 5.57 Å². The Kier molecular flexibility index (Phi) is 7.10. The molecule has 1 atom stereocenters. The number of allylic oxidation sites excluding steroid dienone is 1. The van der Waals surface area contributed by atoms with Gasteiger partial charge in [-0.25, -0.2) is 13.2 Å². The molecule has 0 spiro atoms. The van der Waals surface area contributed by atoms with Crippen LogP contribution in [0.25, 0.3) is 5.57 Å². The highest BCUT2D eigenvalue weighted by Gasteiger charge is 2.53. The first-order valence-corrected chi connectivity index (χ1v) is 12.2. The molecular formula is C25H29F2NO4S. The lowest BCUT2D eigenvalue weighted by Gasteiger charge is -2.30. The fraction of sp³-hybridized carbons (Fsp3) is 0.400. The second-order valence-electron chi connectivity index (χ2n) is 8.72. The van der Waals surface area contributed by atoms with Gasteiger partial charge in [0.15, 0.2) is 0 Å². The number of esters is 1. The highest BCUT2D eigenvalue weighted by molar-refractivity contribution is 7.89. The first kappa shape index (κ1) is 25.1. The Labute approximate surface area is 194 Å². The van der Waals surface area contributed by atoms with Crippen LogP contribution in [0.4, 0.5) is 8.78 Å². The lowest BCUT2D eigenvalue weighted by Crippen LogP contribution is -2.39. The predicted octanol–water partition coefficient (Wildman–Crippen LogP) is 5.07. The third-order valence-corrected chi connectivity index (χ3v) is 7.90. The van der Waals surface area contributed by atoms with E-state index in [9.17, 15) is 22.0 Å². The number of benzene rings is 2. The molecule has 8 heteroatoms. The molecule has 0 aliphatic carbocycles. The van der Waals surface area contributed by atoms with E-state index in [1.165, 1.54) is 23.4 Å². The standard InChI is InChI=1S/C25H29F2NO4S/c1-5-32-23(29)25(26,27)16-24(4)17-28(33(30,31)21-13-11-18(2)12-14-21)15-22(24)19(3)20-9-7-6-8-10-20/h6-14H,5,15-17H2,1-4H3/b22-19+. The van der Waals surface area contributed by atoms with E-state index in [4.69, 9.17) is 0 Å². The van der Waals surface area contributed by atoms with Crippen molar-refractivity contribution in [2.75, 3.05) is 19.7 Å². The van der Waals surface area contributed by atoms with Crippen LogP contribution >= 0.6 is 0 Å². The number of sulfonamides is 1. The van der Waals surface area contributed by atoms with E-state index in [1.807, 2.05) is 37.3 Å². The van der Waals surface area contributed by atoms with Crippen LogP contribution in [0.3, 0.4) is 0 Å². The fourth-order valence-electron chi connectivity index (χ4n) is 4.33. The molecule has 5 nitrogen and oxygen atoms in total. The molecule has 3 rings (SSSR count). The highest BCUT2D eigenvalue weighted by atomic mass is 32.2. The summed E-state index contributed by atoms with van der Waals surface area (Å²) in [5, 5.41) is 0. The topological polar surface area (TPSA) is 63.7 Å². The quantitative estimate of drug-likeness (QED) is 0.523. The van der Waals surface area contributed by atoms with Crippen LogP contribution in [0.2, 0.25) is 0 Å². The Hall–Kier alpha value is -2.58. The van der Waals surface area contributed by atoms with Gasteiger partial charge in [0.25, 0.3) is 0 Å². The number of alkyl halides is 2. The molecule has 1 saturated heterocycles. The SMILES string of the molecule is CCOC(=O)C(F)(F)CC1(C)CN(S(=O)(=O)c2ccc(C)cc2)C/C1=C(/C)c1ccccc1. The minimum absolute atomic E-state index is 0.0354. The van der Waals surface area contributed by atoms with Crippen molar-refractivity contribution in [1.82, 2.24) is 4.31 Å². The zero-order chi connectivity index (χ0) is 24.4. The van der Waals surface area contributed by atoms with Crippen LogP contribution in [-0.4, -0.2) is 44.3 Å². The van der Waals surface area contributed by atoms with E-state index in [0.717, 1.165) is 16.7 Å². The number of aryl methyl sites for hydroxylation is 1. The number of hydrogen-bond donors (Lipinski definition) is 0. The van der Waals surface area contributed by atoms with Crippen molar-refractivity contribution in [3.63, 3.8) is 0 Å². The summed E-state index contributed by atoms with van der Waals surface area (Å²) >= 11 is 0. The van der Waals surface area contributed by atoms with E-state index >= 15 is 0 Å². The molecule has 33 heavy (non-hydrogen) atoms. The number of nitrogens with zero attached hydrogens (tertiary/aromatic N) is 1. The molecule has 0 saturated carbocycles. The number of rotatable bonds is 7. The molecule has 0 amide bonds. The van der Waals surface area contributed by atoms with Crippen molar-refractivity contribution in [3.05, 3.63) is 71.3 Å². The second-order valence-corrected chi connectivity index (χ2v) is 10.7. The third kappa shape index (κ3) is 5.17. The van der Waals surface area contributed by atoms with E-state index < -0.39 is 33.8 Å². The van der Waals surface area contributed by atoms with Gasteiger partial charge in [-0.3, -0.25) is 0 Å². The van der Waals surface area contributed by atoms with E-state index in [-0.39, 0.29) is 24.6 Å². The maximum absolute atomic E-state index is 14.9. The Morgan fingerprint density at radius 3 is 2.30 bits per heavy atom. The Morgan fingerprint density at radius 1 is 1.12 bits per heavy atom. The van der Waals surface area contributed by atoms with Crippen molar-refractivity contribution in [1.29, 1.82) is 0 Å². The number of carbonyl (C=O) groups is 1. The Bertz CT molecular complexity index is 1140. The minimum atomic E-state index is -3.92. The van der Waals surface area contributed by atoms with Crippen molar-refractivity contribution in [2.45, 2.75) is 44.9 Å². The highest BCUT2D eigenvalue weighted by Crippen LogP contribution is 2.48. The van der Waals surface area contributed by atoms with Crippen molar-refractivity contribution in [3.8, 4) is 0 Å². The average molecular weight is 478 g/mol. The molecule has 1 fully saturated rings. The Balaban J connectivity index is 2.07. The van der Waals surface area contributed by atoms with Crippen LogP contribution in [0.15, 0.2) is 65.1 Å². The molecule has 1 aliphatic heterocycles. The van der Waals surface area contributed by atoms with E-state index in [2.05, 4.69) is 4.74 Å². The monoisotopic (exact) mass is 477 g/mol. The molecule has 0 bridgehead atoms. The van der Waals surface area contributed by atoms with Gasteiger partial charge in [0.05, 0.1) is 11.5 Å². The maximum Gasteiger partial charge on any atom is 0.376 e. The van der Waals surface area contributed by atoms with Gasteiger partial charge in [-0.15, -0.1) is 0 Å². The van der Waals surface area contributed by atoms with Gasteiger partial charge in [0.1, 0.15) is 0 Å². The van der Waals surface area contributed by atoms with Gasteiger partial charge in [-0.1, -0.05) is 55.0 Å². The molecule has 1 aliphatic rings. The predicted molar refractivity (Wildman–Crippen MR) is 123 cm³/mol. The third-order valence-electron chi connectivity index (χ3n) is 6.09. The summed E-state index contributed by atoms with van der Waals surface area (Å²) in [5.74, 6) is -5.35. The number of carbonyl (C=O) groups excluding carboxylic acids is 1. The summed E-state index contributed by atoms with van der Waals surface area (Å²) in [6.45, 7) is 6.34. The zero-order valence-corrected chi connectivity index (χ0v) is 20.1. The summed E-state index contributed by atoms with van der Waals surface area (Å²) in [5.41, 5.74) is 1.74. The summed E-state index contributed by atoms with van der Waals surface area (Å²) in [6.07, 6.45) is -0.849. The molecule has 1 unspecified atom stereocenters. The molecule has 0 radical (unpaired) electrons. The first-order valence-electron chi connectivity index (χ1n) is 10.8. The van der Waals surface area contributed by atoms with Crippen LogP contribution in [-0.2, 0) is 19.6 Å². The van der Waals surface area contributed by atoms with Crippen LogP contribution in [0.5, 0.6) is 0 Å². The molecule has 1 heterocycles. The number of hydrogen-bond acceptors (Lipinski definition) is 4. The molecule has 178 valence electrons. The van der Waals surface area contributed by atoms with Gasteiger partial charge in [0, 0.05) is 24.9 Å². The van der Waals surface area contributed by atoms with Crippen LogP contribution in [0, 0.1) is 12.3 Å². The van der Waals surface area contributed by atoms with Gasteiger partial charge in [-0.2, -0.15) is 13.1 Å². The zero-order valence-electron chi connectivity index (χ0n) is 19.3. The Morgan fingerprint density at radius 2 is 1.73 bits per heavy atom. The largest absolute Gasteiger partial charge is 0.462 e. The lowest BCUT2D eigenvalue weighted by molar-refractivity contribution is -0.175. The number of halogens is 2. The molecule has 2 aromatic carbocycles. The van der Waals surface area contributed by atoms with Gasteiger partial charge in [0.2, 0.25) is 10.0 Å². The van der Waals surface area contributed by atoms with Crippen LogP contribution in [0.1, 0.15) is 38.3 Å². The second kappa shape index (κ2) is 9.35. The van der Waals surface area contributed by atoms with Gasteiger partial charge < -0.3 is 4.74 Å². The van der Waals surface area contributed by atoms with Gasteiger partial charge in [-0.05, 0) is 49.6 Å². The van der Waals surface area contributed by atoms with Gasteiger partial charge >= 0.3 is 11.9 Å². The normalized spacial score (nSPS) is 21.2. The lowest BCUT2D eigenvalue weighted by atomic mass is 9.76. The summed E-state index contributed by atoms with van der Waals surface area (Å²) < 4.78 is 62.3. The summed E-state index contributed by atoms with van der Waals surface area (Å²) in [7, 11) is -3.92. The molecule has 2 aromatic rings. The summed E-state index contributed by atoms with van der Waals surface area (Å²) in [6, 6.07) is 15.6. The molecule has 0 aromatic heterocycles. The van der Waals surface area contributed by atoms with Crippen molar-refractivity contribution >= 4 is 21.6 Å². The molecule has 0 N–H and O–H groups in total. The minimum Gasteiger partial charge on any atom is -0.462 e. The van der Waals surface area contributed by atoms with E-state index in [1.54, 1.807) is 26.0 Å². The molecular weight excluding hydrogens is 448 g/mol. The maximum atomic E-state index is 14.9. The average Bonchev–Trinajstić information content (AvgIpc) is 3.11.